The first-order valence-electron chi connectivity index (χ1n) is 6.48. The second-order valence-electron chi connectivity index (χ2n) is 4.34. The number of pyridine rings is 1. The molecule has 0 spiro atoms. The van der Waals surface area contributed by atoms with E-state index >= 15 is 0 Å². The Labute approximate surface area is 117 Å². The number of rotatable bonds is 6. The molecule has 0 aliphatic rings. The summed E-state index contributed by atoms with van der Waals surface area (Å²) in [4.78, 5) is 19.2. The van der Waals surface area contributed by atoms with Crippen molar-refractivity contribution < 1.29 is 4.79 Å². The van der Waals surface area contributed by atoms with Gasteiger partial charge >= 0.3 is 0 Å². The molecule has 1 amide bonds. The zero-order valence-corrected chi connectivity index (χ0v) is 11.9. The third-order valence-electron chi connectivity index (χ3n) is 3.06. The number of carbonyl (C=O) groups is 1. The summed E-state index contributed by atoms with van der Waals surface area (Å²) in [6.45, 7) is 3.55. The number of aromatic nitrogens is 1. The summed E-state index contributed by atoms with van der Waals surface area (Å²) in [5, 5.41) is 2.01. The fourth-order valence-corrected chi connectivity index (χ4v) is 2.64. The number of carbonyl (C=O) groups excluding carboxylic acids is 1. The van der Waals surface area contributed by atoms with E-state index in [1.54, 1.807) is 23.7 Å². The third kappa shape index (κ3) is 4.17. The van der Waals surface area contributed by atoms with Gasteiger partial charge in [-0.3, -0.25) is 9.78 Å². The van der Waals surface area contributed by atoms with Crippen LogP contribution >= 0.6 is 11.3 Å². The predicted octanol–water partition coefficient (Wildman–Crippen LogP) is 2.78. The van der Waals surface area contributed by atoms with Crippen LogP contribution in [0.3, 0.4) is 0 Å². The highest BCUT2D eigenvalue weighted by Crippen LogP contribution is 2.11. The van der Waals surface area contributed by atoms with E-state index in [0.29, 0.717) is 6.42 Å². The van der Waals surface area contributed by atoms with E-state index in [4.69, 9.17) is 0 Å². The molecule has 2 heterocycles. The van der Waals surface area contributed by atoms with Gasteiger partial charge in [0, 0.05) is 30.4 Å². The average Bonchev–Trinajstić information content (AvgIpc) is 2.93. The van der Waals surface area contributed by atoms with Crippen LogP contribution in [0.5, 0.6) is 0 Å². The molecule has 0 unspecified atom stereocenters. The molecule has 0 saturated carbocycles. The second-order valence-corrected chi connectivity index (χ2v) is 5.37. The van der Waals surface area contributed by atoms with Gasteiger partial charge in [0.15, 0.2) is 0 Å². The molecule has 0 radical (unpaired) electrons. The molecule has 2 aromatic heterocycles. The molecule has 0 atom stereocenters. The highest BCUT2D eigenvalue weighted by Gasteiger charge is 2.12. The van der Waals surface area contributed by atoms with Crippen LogP contribution in [0.15, 0.2) is 42.0 Å². The van der Waals surface area contributed by atoms with Crippen LogP contribution in [-0.4, -0.2) is 28.9 Å². The van der Waals surface area contributed by atoms with Crippen molar-refractivity contribution in [1.82, 2.24) is 9.88 Å². The van der Waals surface area contributed by atoms with E-state index in [0.717, 1.165) is 24.4 Å². The first-order valence-corrected chi connectivity index (χ1v) is 7.36. The lowest BCUT2D eigenvalue weighted by Gasteiger charge is -2.20. The molecule has 0 bridgehead atoms. The van der Waals surface area contributed by atoms with Crippen LogP contribution in [0, 0.1) is 0 Å². The highest BCUT2D eigenvalue weighted by molar-refractivity contribution is 7.10. The van der Waals surface area contributed by atoms with Gasteiger partial charge in [-0.2, -0.15) is 0 Å². The van der Waals surface area contributed by atoms with E-state index in [1.807, 2.05) is 41.5 Å². The summed E-state index contributed by atoms with van der Waals surface area (Å²) >= 11 is 1.64. The molecule has 2 aromatic rings. The molecule has 3 nitrogen and oxygen atoms in total. The van der Waals surface area contributed by atoms with Gasteiger partial charge in [0.05, 0.1) is 6.42 Å². The van der Waals surface area contributed by atoms with Crippen LogP contribution < -0.4 is 0 Å². The van der Waals surface area contributed by atoms with Gasteiger partial charge in [-0.1, -0.05) is 6.07 Å². The van der Waals surface area contributed by atoms with Crippen molar-refractivity contribution in [3.05, 3.63) is 52.5 Å². The summed E-state index contributed by atoms with van der Waals surface area (Å²) in [6, 6.07) is 8.00. The standard InChI is InChI=1S/C15H18N2OS/c1-2-17(10-7-13-5-8-16-9-6-13)15(18)12-14-4-3-11-19-14/h3-6,8-9,11H,2,7,10,12H2,1H3. The molecule has 100 valence electrons. The SMILES string of the molecule is CCN(CCc1ccncc1)C(=O)Cc1cccs1. The monoisotopic (exact) mass is 274 g/mol. The Kier molecular flexibility index (Phi) is 5.10. The normalized spacial score (nSPS) is 10.4. The first kappa shape index (κ1) is 13.7. The lowest BCUT2D eigenvalue weighted by molar-refractivity contribution is -0.130. The van der Waals surface area contributed by atoms with Gasteiger partial charge in [-0.25, -0.2) is 0 Å². The average molecular weight is 274 g/mol. The molecule has 0 saturated heterocycles. The number of nitrogens with zero attached hydrogens (tertiary/aromatic N) is 2. The lowest BCUT2D eigenvalue weighted by atomic mass is 10.2. The highest BCUT2D eigenvalue weighted by atomic mass is 32.1. The number of hydrogen-bond acceptors (Lipinski definition) is 3. The molecule has 0 aliphatic carbocycles. The minimum absolute atomic E-state index is 0.207. The van der Waals surface area contributed by atoms with E-state index in [1.165, 1.54) is 5.56 Å². The van der Waals surface area contributed by atoms with Crippen molar-refractivity contribution in [2.24, 2.45) is 0 Å². The van der Waals surface area contributed by atoms with Crippen LogP contribution in [0.2, 0.25) is 0 Å². The van der Waals surface area contributed by atoms with Crippen molar-refractivity contribution in [3.63, 3.8) is 0 Å². The molecular formula is C15H18N2OS. The number of thiophene rings is 1. The fourth-order valence-electron chi connectivity index (χ4n) is 1.95. The van der Waals surface area contributed by atoms with Gasteiger partial charge < -0.3 is 4.90 Å². The summed E-state index contributed by atoms with van der Waals surface area (Å²) in [5.74, 6) is 0.207. The molecule has 2 rings (SSSR count). The van der Waals surface area contributed by atoms with Crippen LogP contribution in [-0.2, 0) is 17.6 Å². The Morgan fingerprint density at radius 1 is 1.32 bits per heavy atom. The third-order valence-corrected chi connectivity index (χ3v) is 3.94. The summed E-state index contributed by atoms with van der Waals surface area (Å²) in [7, 11) is 0. The number of amides is 1. The van der Waals surface area contributed by atoms with Crippen molar-refractivity contribution >= 4 is 17.2 Å². The molecule has 0 N–H and O–H groups in total. The van der Waals surface area contributed by atoms with Crippen molar-refractivity contribution in [1.29, 1.82) is 0 Å². The van der Waals surface area contributed by atoms with E-state index in [9.17, 15) is 4.79 Å². The largest absolute Gasteiger partial charge is 0.342 e. The predicted molar refractivity (Wildman–Crippen MR) is 78.2 cm³/mol. The zero-order valence-electron chi connectivity index (χ0n) is 11.1. The second kappa shape index (κ2) is 7.04. The van der Waals surface area contributed by atoms with Gasteiger partial charge in [0.2, 0.25) is 5.91 Å². The van der Waals surface area contributed by atoms with Gasteiger partial charge in [0.1, 0.15) is 0 Å². The number of hydrogen-bond donors (Lipinski definition) is 0. The minimum Gasteiger partial charge on any atom is -0.342 e. The molecule has 4 heteroatoms. The Morgan fingerprint density at radius 2 is 2.11 bits per heavy atom. The van der Waals surface area contributed by atoms with Crippen LogP contribution in [0.1, 0.15) is 17.4 Å². The van der Waals surface area contributed by atoms with E-state index in [2.05, 4.69) is 4.98 Å². The van der Waals surface area contributed by atoms with Gasteiger partial charge in [0.25, 0.3) is 0 Å². The quantitative estimate of drug-likeness (QED) is 0.811. The van der Waals surface area contributed by atoms with Crippen molar-refractivity contribution in [3.8, 4) is 0 Å². The van der Waals surface area contributed by atoms with Crippen molar-refractivity contribution in [2.45, 2.75) is 19.8 Å². The minimum atomic E-state index is 0.207. The topological polar surface area (TPSA) is 33.2 Å². The van der Waals surface area contributed by atoms with E-state index < -0.39 is 0 Å². The maximum Gasteiger partial charge on any atom is 0.227 e. The van der Waals surface area contributed by atoms with E-state index in [-0.39, 0.29) is 5.91 Å². The molecule has 0 aromatic carbocycles. The zero-order chi connectivity index (χ0) is 13.5. The summed E-state index contributed by atoms with van der Waals surface area (Å²) in [5.41, 5.74) is 1.22. The Morgan fingerprint density at radius 3 is 2.74 bits per heavy atom. The van der Waals surface area contributed by atoms with Gasteiger partial charge in [-0.05, 0) is 42.5 Å². The van der Waals surface area contributed by atoms with Gasteiger partial charge in [-0.15, -0.1) is 11.3 Å². The summed E-state index contributed by atoms with van der Waals surface area (Å²) in [6.07, 6.45) is 4.98. The van der Waals surface area contributed by atoms with Crippen molar-refractivity contribution in [2.75, 3.05) is 13.1 Å². The Hall–Kier alpha value is -1.68. The lowest BCUT2D eigenvalue weighted by Crippen LogP contribution is -2.33. The molecule has 19 heavy (non-hydrogen) atoms. The van der Waals surface area contributed by atoms with Crippen LogP contribution in [0.4, 0.5) is 0 Å². The fraction of sp³-hybridized carbons (Fsp3) is 0.333. The maximum absolute atomic E-state index is 12.2. The Balaban J connectivity index is 1.87. The molecular weight excluding hydrogens is 256 g/mol. The Bertz CT molecular complexity index is 496. The smallest absolute Gasteiger partial charge is 0.227 e. The maximum atomic E-state index is 12.2. The first-order chi connectivity index (χ1) is 9.29. The molecule has 0 fully saturated rings. The molecule has 0 aliphatic heterocycles. The van der Waals surface area contributed by atoms with Crippen LogP contribution in [0.25, 0.3) is 0 Å². The number of likely N-dealkylation sites (N-methyl/N-ethyl adjacent to an activating group) is 1. The summed E-state index contributed by atoms with van der Waals surface area (Å²) < 4.78 is 0.